The van der Waals surface area contributed by atoms with E-state index in [2.05, 4.69) is 11.5 Å². The molecule has 0 heterocycles. The topological polar surface area (TPSA) is 101 Å². The SMILES string of the molecule is NC(N)=O.O.[AlH2]. The van der Waals surface area contributed by atoms with E-state index in [4.69, 9.17) is 4.79 Å². The highest BCUT2D eigenvalue weighted by Crippen LogP contribution is 1.25. The summed E-state index contributed by atoms with van der Waals surface area (Å²) in [4.78, 5) is 9.00. The van der Waals surface area contributed by atoms with E-state index in [9.17, 15) is 0 Å². The van der Waals surface area contributed by atoms with Crippen LogP contribution in [0, 0.1) is 0 Å². The molecule has 0 unspecified atom stereocenters. The summed E-state index contributed by atoms with van der Waals surface area (Å²) < 4.78 is 0. The van der Waals surface area contributed by atoms with Crippen molar-refractivity contribution in [2.75, 3.05) is 0 Å². The molecule has 0 fully saturated rings. The molecule has 0 aromatic carbocycles. The first kappa shape index (κ1) is 17.1. The number of carbonyl (C=O) groups is 1. The molecule has 37 valence electrons. The van der Waals surface area contributed by atoms with Crippen LogP contribution >= 0.6 is 0 Å². The second kappa shape index (κ2) is 8.83. The molecule has 2 amide bonds. The molecule has 0 saturated heterocycles. The minimum Gasteiger partial charge on any atom is -0.412 e. The molecule has 0 spiro atoms. The third kappa shape index (κ3) is 509. The molecule has 0 aliphatic carbocycles. The highest BCUT2D eigenvalue weighted by Gasteiger charge is 1.60. The van der Waals surface area contributed by atoms with Crippen LogP contribution < -0.4 is 11.5 Å². The largest absolute Gasteiger partial charge is 0.412 e. The summed E-state index contributed by atoms with van der Waals surface area (Å²) in [5.74, 6) is 0. The monoisotopic (exact) mass is 107 g/mol. The Balaban J connectivity index is -0.0000000450. The van der Waals surface area contributed by atoms with Crippen molar-refractivity contribution in [1.29, 1.82) is 0 Å². The van der Waals surface area contributed by atoms with Crippen LogP contribution in [0.25, 0.3) is 0 Å². The smallest absolute Gasteiger partial charge is 0.309 e. The molecule has 1 radical (unpaired) electrons. The van der Waals surface area contributed by atoms with E-state index in [-0.39, 0.29) is 22.8 Å². The predicted octanol–water partition coefficient (Wildman–Crippen LogP) is -2.72. The first-order valence-corrected chi connectivity index (χ1v) is 0.781. The maximum Gasteiger partial charge on any atom is 0.309 e. The van der Waals surface area contributed by atoms with Gasteiger partial charge in [0, 0.05) is 0 Å². The number of hydrogen-bond acceptors (Lipinski definition) is 1. The molecule has 6 heavy (non-hydrogen) atoms. The molecule has 0 aromatic rings. The number of hydrogen-bond donors (Lipinski definition) is 2. The van der Waals surface area contributed by atoms with Crippen LogP contribution in [0.2, 0.25) is 0 Å². The molecular formula is CH8AlN2O2. The number of carbonyl (C=O) groups excluding carboxylic acids is 1. The van der Waals surface area contributed by atoms with Gasteiger partial charge in [0.2, 0.25) is 0 Å². The Hall–Kier alpha value is -0.238. The fourth-order valence-corrected chi connectivity index (χ4v) is 0. The zero-order valence-electron chi connectivity index (χ0n) is 3.56. The van der Waals surface area contributed by atoms with Gasteiger partial charge in [0.25, 0.3) is 0 Å². The molecular weight excluding hydrogens is 99.0 g/mol. The van der Waals surface area contributed by atoms with Crippen LogP contribution in [0.4, 0.5) is 4.79 Å². The summed E-state index contributed by atoms with van der Waals surface area (Å²) in [5, 5.41) is 0. The molecule has 4 nitrogen and oxygen atoms in total. The molecule has 0 bridgehead atoms. The van der Waals surface area contributed by atoms with Crippen LogP contribution in [0.1, 0.15) is 0 Å². The lowest BCUT2D eigenvalue weighted by atomic mass is 11.2. The van der Waals surface area contributed by atoms with Crippen molar-refractivity contribution >= 4 is 23.4 Å². The molecule has 0 rings (SSSR count). The summed E-state index contributed by atoms with van der Waals surface area (Å²) >= 11 is 0. The number of rotatable bonds is 0. The first-order chi connectivity index (χ1) is 1.73. The van der Waals surface area contributed by atoms with E-state index in [1.54, 1.807) is 0 Å². The van der Waals surface area contributed by atoms with Gasteiger partial charge in [-0.15, -0.1) is 0 Å². The van der Waals surface area contributed by atoms with E-state index < -0.39 is 6.03 Å². The molecule has 0 aliphatic heterocycles. The van der Waals surface area contributed by atoms with Crippen LogP contribution in [0.15, 0.2) is 0 Å². The number of primary amides is 2. The van der Waals surface area contributed by atoms with Crippen LogP contribution in [-0.2, 0) is 0 Å². The predicted molar refractivity (Wildman–Crippen MR) is 25.9 cm³/mol. The van der Waals surface area contributed by atoms with E-state index >= 15 is 0 Å². The maximum atomic E-state index is 9.00. The van der Waals surface area contributed by atoms with Gasteiger partial charge in [0.05, 0.1) is 0 Å². The van der Waals surface area contributed by atoms with Crippen molar-refractivity contribution in [2.45, 2.75) is 0 Å². The normalized spacial score (nSPS) is 4.00. The van der Waals surface area contributed by atoms with Gasteiger partial charge < -0.3 is 16.9 Å². The van der Waals surface area contributed by atoms with Crippen molar-refractivity contribution in [1.82, 2.24) is 0 Å². The summed E-state index contributed by atoms with van der Waals surface area (Å²) in [6.07, 6.45) is 0. The lowest BCUT2D eigenvalue weighted by molar-refractivity contribution is 0.256. The van der Waals surface area contributed by atoms with Gasteiger partial charge in [-0.05, 0) is 0 Å². The fraction of sp³-hybridized carbons (Fsp3) is 0. The highest BCUT2D eigenvalue weighted by molar-refractivity contribution is 5.75. The Bertz CT molecular complexity index is 34.5. The van der Waals surface area contributed by atoms with Gasteiger partial charge in [-0.1, -0.05) is 0 Å². The van der Waals surface area contributed by atoms with E-state index in [0.717, 1.165) is 0 Å². The molecule has 5 heteroatoms. The molecule has 0 aromatic heterocycles. The standard InChI is InChI=1S/CH4N2O.Al.H2O.2H/c2-1(3)4;;;;/h(H4,2,3,4);;1H2;;. The lowest BCUT2D eigenvalue weighted by Crippen LogP contribution is -2.18. The van der Waals surface area contributed by atoms with Gasteiger partial charge in [-0.2, -0.15) is 0 Å². The average molecular weight is 107 g/mol. The van der Waals surface area contributed by atoms with Gasteiger partial charge in [0.1, 0.15) is 17.4 Å². The zero-order chi connectivity index (χ0) is 3.58. The molecule has 6 N–H and O–H groups in total. The van der Waals surface area contributed by atoms with Gasteiger partial charge >= 0.3 is 6.03 Å². The Kier molecular flexibility index (Phi) is 25.2. The van der Waals surface area contributed by atoms with Crippen LogP contribution in [0.3, 0.4) is 0 Å². The summed E-state index contributed by atoms with van der Waals surface area (Å²) in [6.45, 7) is 0. The summed E-state index contributed by atoms with van der Waals surface area (Å²) in [5.41, 5.74) is 8.50. The number of nitrogens with two attached hydrogens (primary N) is 2. The van der Waals surface area contributed by atoms with Crippen LogP contribution in [-0.4, -0.2) is 28.9 Å². The highest BCUT2D eigenvalue weighted by atomic mass is 27.0. The van der Waals surface area contributed by atoms with E-state index in [1.165, 1.54) is 0 Å². The second-order valence-corrected chi connectivity index (χ2v) is 0.402. The Labute approximate surface area is 45.9 Å². The third-order valence-electron chi connectivity index (χ3n) is 0. The summed E-state index contributed by atoms with van der Waals surface area (Å²) in [6, 6.07) is -0.833. The van der Waals surface area contributed by atoms with Gasteiger partial charge in [0.15, 0.2) is 0 Å². The minimum atomic E-state index is -0.833. The Morgan fingerprint density at radius 2 is 1.33 bits per heavy atom. The van der Waals surface area contributed by atoms with Crippen molar-refractivity contribution in [2.24, 2.45) is 11.5 Å². The first-order valence-electron chi connectivity index (χ1n) is 0.781. The third-order valence-corrected chi connectivity index (χ3v) is 0. The molecule has 0 aliphatic rings. The molecule has 0 saturated carbocycles. The van der Waals surface area contributed by atoms with Crippen LogP contribution in [0.5, 0.6) is 0 Å². The van der Waals surface area contributed by atoms with Crippen molar-refractivity contribution in [3.05, 3.63) is 0 Å². The van der Waals surface area contributed by atoms with Crippen molar-refractivity contribution < 1.29 is 10.3 Å². The quantitative estimate of drug-likeness (QED) is 0.323. The average Bonchev–Trinajstić information content (AvgIpc) is 0.811. The zero-order valence-corrected chi connectivity index (χ0v) is 5.56. The van der Waals surface area contributed by atoms with Crippen molar-refractivity contribution in [3.8, 4) is 0 Å². The van der Waals surface area contributed by atoms with Crippen molar-refractivity contribution in [3.63, 3.8) is 0 Å². The number of amides is 2. The van der Waals surface area contributed by atoms with Gasteiger partial charge in [-0.25, -0.2) is 4.79 Å². The minimum absolute atomic E-state index is 0. The Morgan fingerprint density at radius 3 is 1.33 bits per heavy atom. The second-order valence-electron chi connectivity index (χ2n) is 0.402. The molecule has 0 atom stereocenters. The maximum absolute atomic E-state index is 9.00. The number of urea groups is 1. The van der Waals surface area contributed by atoms with Gasteiger partial charge in [-0.3, -0.25) is 0 Å². The lowest BCUT2D eigenvalue weighted by Gasteiger charge is -1.62. The Morgan fingerprint density at radius 1 is 1.33 bits per heavy atom. The fourth-order valence-electron chi connectivity index (χ4n) is 0. The van der Waals surface area contributed by atoms with E-state index in [0.29, 0.717) is 0 Å². The summed E-state index contributed by atoms with van der Waals surface area (Å²) in [7, 11) is 0. The van der Waals surface area contributed by atoms with E-state index in [1.807, 2.05) is 0 Å².